The van der Waals surface area contributed by atoms with Crippen LogP contribution in [0.3, 0.4) is 0 Å². The van der Waals surface area contributed by atoms with Crippen LogP contribution in [0.5, 0.6) is 0 Å². The highest BCUT2D eigenvalue weighted by molar-refractivity contribution is 5.45. The molecule has 0 aromatic heterocycles. The number of nitrogens with two attached hydrogens (primary N) is 1. The summed E-state index contributed by atoms with van der Waals surface area (Å²) >= 11 is 0. The number of rotatable bonds is 7. The van der Waals surface area contributed by atoms with Gasteiger partial charge >= 0.3 is 0 Å². The first kappa shape index (κ1) is 14.0. The van der Waals surface area contributed by atoms with Gasteiger partial charge in [0.15, 0.2) is 0 Å². The van der Waals surface area contributed by atoms with E-state index in [-0.39, 0.29) is 11.4 Å². The van der Waals surface area contributed by atoms with Crippen molar-refractivity contribution in [1.29, 1.82) is 0 Å². The first-order valence-electron chi connectivity index (χ1n) is 6.39. The molecule has 3 heteroatoms. The monoisotopic (exact) mass is 238 g/mol. The second-order valence-electron chi connectivity index (χ2n) is 4.62. The molecule has 1 aromatic rings. The van der Waals surface area contributed by atoms with Crippen molar-refractivity contribution in [3.63, 3.8) is 0 Å². The summed E-state index contributed by atoms with van der Waals surface area (Å²) in [5.74, 6) is -0.208. The van der Waals surface area contributed by atoms with E-state index < -0.39 is 0 Å². The molecule has 1 aromatic carbocycles. The van der Waals surface area contributed by atoms with Crippen LogP contribution in [0, 0.1) is 5.82 Å². The van der Waals surface area contributed by atoms with Crippen molar-refractivity contribution in [3.05, 3.63) is 30.1 Å². The maximum atomic E-state index is 12.8. The van der Waals surface area contributed by atoms with Crippen molar-refractivity contribution < 1.29 is 4.39 Å². The third-order valence-corrected chi connectivity index (χ3v) is 3.10. The van der Waals surface area contributed by atoms with Crippen LogP contribution in [0.4, 0.5) is 10.1 Å². The molecule has 0 radical (unpaired) electrons. The van der Waals surface area contributed by atoms with Gasteiger partial charge < -0.3 is 11.1 Å². The zero-order valence-corrected chi connectivity index (χ0v) is 10.8. The Bertz CT molecular complexity index is 315. The Morgan fingerprint density at radius 2 is 1.65 bits per heavy atom. The maximum Gasteiger partial charge on any atom is 0.123 e. The lowest BCUT2D eigenvalue weighted by Crippen LogP contribution is -2.45. The van der Waals surface area contributed by atoms with Crippen LogP contribution < -0.4 is 11.1 Å². The molecule has 0 amide bonds. The van der Waals surface area contributed by atoms with Crippen molar-refractivity contribution >= 4 is 5.69 Å². The van der Waals surface area contributed by atoms with Gasteiger partial charge in [-0.05, 0) is 37.1 Å². The fourth-order valence-electron chi connectivity index (χ4n) is 2.30. The Morgan fingerprint density at radius 3 is 2.06 bits per heavy atom. The van der Waals surface area contributed by atoms with Crippen LogP contribution in [0.1, 0.15) is 39.5 Å². The smallest absolute Gasteiger partial charge is 0.123 e. The van der Waals surface area contributed by atoms with E-state index in [0.717, 1.165) is 31.4 Å². The second-order valence-corrected chi connectivity index (χ2v) is 4.62. The summed E-state index contributed by atoms with van der Waals surface area (Å²) in [5.41, 5.74) is 6.81. The third kappa shape index (κ3) is 4.00. The molecule has 3 N–H and O–H groups in total. The molecular formula is C14H23FN2. The molecule has 0 spiro atoms. The van der Waals surface area contributed by atoms with Gasteiger partial charge in [-0.3, -0.25) is 0 Å². The van der Waals surface area contributed by atoms with Gasteiger partial charge in [-0.1, -0.05) is 26.7 Å². The SMILES string of the molecule is CCCC(CN)(CCC)Nc1ccc(F)cc1. The van der Waals surface area contributed by atoms with Gasteiger partial charge in [0.05, 0.1) is 0 Å². The van der Waals surface area contributed by atoms with Gasteiger partial charge in [-0.15, -0.1) is 0 Å². The minimum absolute atomic E-state index is 0.0542. The predicted molar refractivity (Wildman–Crippen MR) is 71.6 cm³/mol. The van der Waals surface area contributed by atoms with Gasteiger partial charge in [-0.2, -0.15) is 0 Å². The summed E-state index contributed by atoms with van der Waals surface area (Å²) in [5, 5.41) is 3.48. The average Bonchev–Trinajstić information content (AvgIpc) is 2.33. The Hall–Kier alpha value is -1.09. The van der Waals surface area contributed by atoms with E-state index in [1.165, 1.54) is 12.1 Å². The lowest BCUT2D eigenvalue weighted by molar-refractivity contribution is 0.401. The number of halogens is 1. The van der Waals surface area contributed by atoms with Crippen molar-refractivity contribution in [2.24, 2.45) is 5.73 Å². The van der Waals surface area contributed by atoms with E-state index in [1.807, 2.05) is 0 Å². The topological polar surface area (TPSA) is 38.0 Å². The van der Waals surface area contributed by atoms with Crippen LogP contribution in [0.15, 0.2) is 24.3 Å². The first-order chi connectivity index (χ1) is 8.15. The van der Waals surface area contributed by atoms with Crippen LogP contribution >= 0.6 is 0 Å². The second kappa shape index (κ2) is 6.60. The summed E-state index contributed by atoms with van der Waals surface area (Å²) in [6.45, 7) is 4.92. The highest BCUT2D eigenvalue weighted by Gasteiger charge is 2.26. The fraction of sp³-hybridized carbons (Fsp3) is 0.571. The summed E-state index contributed by atoms with van der Waals surface area (Å²) < 4.78 is 12.8. The van der Waals surface area contributed by atoms with E-state index in [9.17, 15) is 4.39 Å². The summed E-state index contributed by atoms with van der Waals surface area (Å²) in [6.07, 6.45) is 4.25. The minimum atomic E-state index is -0.208. The molecule has 0 atom stereocenters. The van der Waals surface area contributed by atoms with E-state index in [0.29, 0.717) is 6.54 Å². The van der Waals surface area contributed by atoms with Crippen molar-refractivity contribution in [2.45, 2.75) is 45.1 Å². The van der Waals surface area contributed by atoms with E-state index in [4.69, 9.17) is 5.73 Å². The Kier molecular flexibility index (Phi) is 5.42. The molecular weight excluding hydrogens is 215 g/mol. The van der Waals surface area contributed by atoms with E-state index >= 15 is 0 Å². The normalized spacial score (nSPS) is 11.5. The molecule has 0 saturated heterocycles. The Labute approximate surface area is 103 Å². The highest BCUT2D eigenvalue weighted by atomic mass is 19.1. The zero-order valence-electron chi connectivity index (χ0n) is 10.8. The zero-order chi connectivity index (χ0) is 12.7. The van der Waals surface area contributed by atoms with Crippen molar-refractivity contribution in [3.8, 4) is 0 Å². The molecule has 0 unspecified atom stereocenters. The molecule has 96 valence electrons. The Balaban J connectivity index is 2.80. The molecule has 0 aliphatic carbocycles. The van der Waals surface area contributed by atoms with Gasteiger partial charge in [0.2, 0.25) is 0 Å². The molecule has 17 heavy (non-hydrogen) atoms. The number of nitrogens with one attached hydrogen (secondary N) is 1. The first-order valence-corrected chi connectivity index (χ1v) is 6.39. The van der Waals surface area contributed by atoms with E-state index in [1.54, 1.807) is 12.1 Å². The van der Waals surface area contributed by atoms with Gasteiger partial charge in [0.25, 0.3) is 0 Å². The fourth-order valence-corrected chi connectivity index (χ4v) is 2.30. The van der Waals surface area contributed by atoms with Crippen molar-refractivity contribution in [2.75, 3.05) is 11.9 Å². The number of benzene rings is 1. The number of hydrogen-bond donors (Lipinski definition) is 2. The number of anilines is 1. The van der Waals surface area contributed by atoms with Gasteiger partial charge in [0, 0.05) is 17.8 Å². The molecule has 0 aliphatic rings. The highest BCUT2D eigenvalue weighted by Crippen LogP contribution is 2.24. The maximum absolute atomic E-state index is 12.8. The lowest BCUT2D eigenvalue weighted by atomic mass is 9.88. The van der Waals surface area contributed by atoms with Crippen LogP contribution in [0.2, 0.25) is 0 Å². The summed E-state index contributed by atoms with van der Waals surface area (Å²) in [4.78, 5) is 0. The third-order valence-electron chi connectivity index (χ3n) is 3.10. The average molecular weight is 238 g/mol. The lowest BCUT2D eigenvalue weighted by Gasteiger charge is -2.34. The molecule has 0 saturated carbocycles. The van der Waals surface area contributed by atoms with Crippen LogP contribution in [0.25, 0.3) is 0 Å². The van der Waals surface area contributed by atoms with Gasteiger partial charge in [0.1, 0.15) is 5.82 Å². The Morgan fingerprint density at radius 1 is 1.12 bits per heavy atom. The molecule has 0 heterocycles. The number of hydrogen-bond acceptors (Lipinski definition) is 2. The summed E-state index contributed by atoms with van der Waals surface area (Å²) in [7, 11) is 0. The predicted octanol–water partition coefficient (Wildman–Crippen LogP) is 3.54. The molecule has 0 aliphatic heterocycles. The summed E-state index contributed by atoms with van der Waals surface area (Å²) in [6, 6.07) is 6.49. The largest absolute Gasteiger partial charge is 0.378 e. The van der Waals surface area contributed by atoms with Crippen LogP contribution in [-0.2, 0) is 0 Å². The molecule has 2 nitrogen and oxygen atoms in total. The van der Waals surface area contributed by atoms with Gasteiger partial charge in [-0.25, -0.2) is 4.39 Å². The standard InChI is InChI=1S/C14H23FN2/c1-3-9-14(11-16,10-4-2)17-13-7-5-12(15)6-8-13/h5-8,17H,3-4,9-11,16H2,1-2H3. The minimum Gasteiger partial charge on any atom is -0.378 e. The molecule has 0 bridgehead atoms. The molecule has 1 rings (SSSR count). The van der Waals surface area contributed by atoms with E-state index in [2.05, 4.69) is 19.2 Å². The van der Waals surface area contributed by atoms with Crippen molar-refractivity contribution in [1.82, 2.24) is 0 Å². The molecule has 0 fully saturated rings. The van der Waals surface area contributed by atoms with Crippen LogP contribution in [-0.4, -0.2) is 12.1 Å². The quantitative estimate of drug-likeness (QED) is 0.762.